The Morgan fingerprint density at radius 3 is 2.23 bits per heavy atom. The van der Waals surface area contributed by atoms with Crippen molar-refractivity contribution in [3.63, 3.8) is 0 Å². The molecule has 1 heterocycles. The van der Waals surface area contributed by atoms with Gasteiger partial charge in [0.15, 0.2) is 0 Å². The molecule has 0 spiro atoms. The zero-order chi connectivity index (χ0) is 9.41. The first-order valence-electron chi connectivity index (χ1n) is 3.82. The van der Waals surface area contributed by atoms with Crippen molar-refractivity contribution in [1.29, 1.82) is 0 Å². The predicted molar refractivity (Wildman–Crippen MR) is 44.9 cm³/mol. The van der Waals surface area contributed by atoms with Crippen LogP contribution in [-0.2, 0) is 0 Å². The van der Waals surface area contributed by atoms with E-state index in [9.17, 15) is 13.2 Å². The summed E-state index contributed by atoms with van der Waals surface area (Å²) in [6.45, 7) is 0.822. The maximum absolute atomic E-state index is 12.5. The Morgan fingerprint density at radius 2 is 2.08 bits per heavy atom. The van der Waals surface area contributed by atoms with Crippen LogP contribution in [0.1, 0.15) is 6.92 Å². The van der Waals surface area contributed by atoms with Crippen molar-refractivity contribution in [2.24, 2.45) is 11.3 Å². The third-order valence-corrected chi connectivity index (χ3v) is 2.68. The summed E-state index contributed by atoms with van der Waals surface area (Å²) in [4.78, 5) is 0. The second-order valence-electron chi connectivity index (χ2n) is 3.34. The van der Waals surface area contributed by atoms with Gasteiger partial charge in [-0.2, -0.15) is 13.2 Å². The van der Waals surface area contributed by atoms with Crippen molar-refractivity contribution >= 4 is 12.4 Å². The number of hydrogen-bond acceptors (Lipinski definition) is 2. The Kier molecular flexibility index (Phi) is 4.02. The predicted octanol–water partition coefficient (Wildman–Crippen LogP) is 1.19. The van der Waals surface area contributed by atoms with Crippen LogP contribution < -0.4 is 5.32 Å². The van der Waals surface area contributed by atoms with Crippen LogP contribution in [0.4, 0.5) is 13.2 Å². The van der Waals surface area contributed by atoms with Gasteiger partial charge in [-0.15, -0.1) is 12.4 Å². The maximum atomic E-state index is 12.5. The number of halogens is 4. The van der Waals surface area contributed by atoms with E-state index in [1.807, 2.05) is 0 Å². The van der Waals surface area contributed by atoms with E-state index in [0.717, 1.165) is 0 Å². The third kappa shape index (κ3) is 1.92. The lowest BCUT2D eigenvalue weighted by Gasteiger charge is -2.32. The van der Waals surface area contributed by atoms with Crippen molar-refractivity contribution in [3.8, 4) is 0 Å². The van der Waals surface area contributed by atoms with Gasteiger partial charge in [0.05, 0.1) is 6.61 Å². The van der Waals surface area contributed by atoms with Crippen LogP contribution in [-0.4, -0.2) is 31.0 Å². The van der Waals surface area contributed by atoms with Crippen LogP contribution in [0.3, 0.4) is 0 Å². The standard InChI is InChI=1S/C7H12F3NO.ClH/c1-5-2-11-3-6(5,4-12)7(8,9)10;/h5,11-12H,2-4H2,1H3;1H. The van der Waals surface area contributed by atoms with E-state index in [1.165, 1.54) is 6.92 Å². The van der Waals surface area contributed by atoms with Crippen LogP contribution in [0.15, 0.2) is 0 Å². The average Bonchev–Trinajstić information content (AvgIpc) is 2.30. The summed E-state index contributed by atoms with van der Waals surface area (Å²) in [6, 6.07) is 0. The first kappa shape index (κ1) is 13.0. The fourth-order valence-electron chi connectivity index (χ4n) is 1.56. The number of aliphatic hydroxyl groups is 1. The fourth-order valence-corrected chi connectivity index (χ4v) is 1.56. The molecule has 0 radical (unpaired) electrons. The van der Waals surface area contributed by atoms with Gasteiger partial charge in [0.2, 0.25) is 0 Å². The lowest BCUT2D eigenvalue weighted by molar-refractivity contribution is -0.240. The monoisotopic (exact) mass is 219 g/mol. The number of aliphatic hydroxyl groups excluding tert-OH is 1. The van der Waals surface area contributed by atoms with E-state index in [1.54, 1.807) is 0 Å². The molecule has 1 fully saturated rings. The highest BCUT2D eigenvalue weighted by atomic mass is 35.5. The molecule has 2 atom stereocenters. The molecule has 2 N–H and O–H groups in total. The van der Waals surface area contributed by atoms with Crippen LogP contribution in [0.25, 0.3) is 0 Å². The third-order valence-electron chi connectivity index (χ3n) is 2.68. The minimum absolute atomic E-state index is 0. The highest BCUT2D eigenvalue weighted by molar-refractivity contribution is 5.85. The molecule has 0 aliphatic carbocycles. The van der Waals surface area contributed by atoms with E-state index in [0.29, 0.717) is 6.54 Å². The van der Waals surface area contributed by atoms with Crippen molar-refractivity contribution in [1.82, 2.24) is 5.32 Å². The van der Waals surface area contributed by atoms with Gasteiger partial charge >= 0.3 is 6.18 Å². The van der Waals surface area contributed by atoms with E-state index in [4.69, 9.17) is 5.11 Å². The summed E-state index contributed by atoms with van der Waals surface area (Å²) in [7, 11) is 0. The van der Waals surface area contributed by atoms with E-state index < -0.39 is 24.1 Å². The molecule has 1 aliphatic heterocycles. The Hall–Kier alpha value is -0.0000000000000000555. The first-order chi connectivity index (χ1) is 5.44. The van der Waals surface area contributed by atoms with E-state index >= 15 is 0 Å². The topological polar surface area (TPSA) is 32.3 Å². The van der Waals surface area contributed by atoms with Gasteiger partial charge in [-0.05, 0) is 12.5 Å². The zero-order valence-electron chi connectivity index (χ0n) is 7.19. The summed E-state index contributed by atoms with van der Waals surface area (Å²) in [5.74, 6) is -0.553. The summed E-state index contributed by atoms with van der Waals surface area (Å²) < 4.78 is 37.4. The molecule has 0 aromatic heterocycles. The van der Waals surface area contributed by atoms with Crippen LogP contribution in [0.2, 0.25) is 0 Å². The lowest BCUT2D eigenvalue weighted by atomic mass is 9.79. The van der Waals surface area contributed by atoms with Crippen LogP contribution >= 0.6 is 12.4 Å². The molecule has 0 aromatic carbocycles. The molecule has 2 unspecified atom stereocenters. The number of rotatable bonds is 1. The SMILES string of the molecule is CC1CNCC1(CO)C(F)(F)F.Cl. The van der Waals surface area contributed by atoms with Gasteiger partial charge in [0.1, 0.15) is 5.41 Å². The quantitative estimate of drug-likeness (QED) is 0.695. The second-order valence-corrected chi connectivity index (χ2v) is 3.34. The fraction of sp³-hybridized carbons (Fsp3) is 1.00. The lowest BCUT2D eigenvalue weighted by Crippen LogP contribution is -2.46. The number of alkyl halides is 3. The summed E-state index contributed by atoms with van der Waals surface area (Å²) >= 11 is 0. The van der Waals surface area contributed by atoms with Crippen molar-refractivity contribution in [2.75, 3.05) is 19.7 Å². The molecule has 2 nitrogen and oxygen atoms in total. The van der Waals surface area contributed by atoms with Crippen molar-refractivity contribution < 1.29 is 18.3 Å². The van der Waals surface area contributed by atoms with Gasteiger partial charge in [-0.25, -0.2) is 0 Å². The normalized spacial score (nSPS) is 34.4. The minimum atomic E-state index is -4.31. The van der Waals surface area contributed by atoms with Gasteiger partial charge in [-0.3, -0.25) is 0 Å². The van der Waals surface area contributed by atoms with Gasteiger partial charge in [0, 0.05) is 6.54 Å². The minimum Gasteiger partial charge on any atom is -0.395 e. The number of hydrogen-bond donors (Lipinski definition) is 2. The van der Waals surface area contributed by atoms with Gasteiger partial charge in [-0.1, -0.05) is 6.92 Å². The molecule has 1 rings (SSSR count). The van der Waals surface area contributed by atoms with E-state index in [2.05, 4.69) is 5.32 Å². The summed E-state index contributed by atoms with van der Waals surface area (Å²) in [6.07, 6.45) is -4.31. The average molecular weight is 220 g/mol. The molecule has 0 amide bonds. The zero-order valence-corrected chi connectivity index (χ0v) is 8.00. The van der Waals surface area contributed by atoms with Gasteiger partial charge < -0.3 is 10.4 Å². The number of nitrogens with one attached hydrogen (secondary N) is 1. The van der Waals surface area contributed by atoms with Gasteiger partial charge in [0.25, 0.3) is 0 Å². The highest BCUT2D eigenvalue weighted by Gasteiger charge is 2.59. The molecule has 0 bridgehead atoms. The summed E-state index contributed by atoms with van der Waals surface area (Å²) in [5.41, 5.74) is -1.92. The molecule has 80 valence electrons. The van der Waals surface area contributed by atoms with Crippen molar-refractivity contribution in [3.05, 3.63) is 0 Å². The Labute approximate surface area is 80.9 Å². The van der Waals surface area contributed by atoms with E-state index in [-0.39, 0.29) is 19.0 Å². The Morgan fingerprint density at radius 1 is 1.54 bits per heavy atom. The van der Waals surface area contributed by atoms with Crippen LogP contribution in [0, 0.1) is 11.3 Å². The molecule has 1 saturated heterocycles. The van der Waals surface area contributed by atoms with Crippen molar-refractivity contribution in [2.45, 2.75) is 13.1 Å². The molecule has 13 heavy (non-hydrogen) atoms. The first-order valence-corrected chi connectivity index (χ1v) is 3.82. The smallest absolute Gasteiger partial charge is 0.395 e. The second kappa shape index (κ2) is 4.02. The Balaban J connectivity index is 0.00000144. The molecule has 0 aromatic rings. The molecular weight excluding hydrogens is 207 g/mol. The largest absolute Gasteiger partial charge is 0.398 e. The molecule has 0 saturated carbocycles. The van der Waals surface area contributed by atoms with Crippen LogP contribution in [0.5, 0.6) is 0 Å². The molecule has 6 heteroatoms. The Bertz CT molecular complexity index is 176. The molecular formula is C7H13ClF3NO. The maximum Gasteiger partial charge on any atom is 0.398 e. The summed E-state index contributed by atoms with van der Waals surface area (Å²) in [5, 5.41) is 11.4. The molecule has 1 aliphatic rings. The highest BCUT2D eigenvalue weighted by Crippen LogP contribution is 2.45.